The van der Waals surface area contributed by atoms with Crippen molar-refractivity contribution in [3.05, 3.63) is 89.5 Å². The molecule has 35 heavy (non-hydrogen) atoms. The van der Waals surface area contributed by atoms with Gasteiger partial charge in [-0.25, -0.2) is 13.2 Å². The van der Waals surface area contributed by atoms with Crippen molar-refractivity contribution in [1.82, 2.24) is 0 Å². The highest BCUT2D eigenvalue weighted by Gasteiger charge is 2.27. The summed E-state index contributed by atoms with van der Waals surface area (Å²) >= 11 is 0. The minimum atomic E-state index is -1.06. The summed E-state index contributed by atoms with van der Waals surface area (Å²) in [5.41, 5.74) is 1.11. The van der Waals surface area contributed by atoms with Crippen molar-refractivity contribution in [2.45, 2.75) is 32.5 Å². The molecule has 3 aromatic rings. The maximum Gasteiger partial charge on any atom is 0.201 e. The van der Waals surface area contributed by atoms with Gasteiger partial charge < -0.3 is 14.2 Å². The van der Waals surface area contributed by atoms with Crippen LogP contribution < -0.4 is 4.74 Å². The van der Waals surface area contributed by atoms with E-state index >= 15 is 0 Å². The second-order valence-electron chi connectivity index (χ2n) is 8.25. The van der Waals surface area contributed by atoms with E-state index in [9.17, 15) is 17.6 Å². The number of halogens is 4. The highest BCUT2D eigenvalue weighted by atomic mass is 19.2. The van der Waals surface area contributed by atoms with Crippen LogP contribution in [0.1, 0.15) is 31.7 Å². The van der Waals surface area contributed by atoms with Gasteiger partial charge in [0.1, 0.15) is 0 Å². The van der Waals surface area contributed by atoms with Gasteiger partial charge in [-0.05, 0) is 48.2 Å². The lowest BCUT2D eigenvalue weighted by atomic mass is 9.94. The fourth-order valence-electron chi connectivity index (χ4n) is 3.98. The Hall–Kier alpha value is -3.16. The molecule has 0 atom stereocenters. The van der Waals surface area contributed by atoms with Crippen LogP contribution in [0.3, 0.4) is 0 Å². The topological polar surface area (TPSA) is 27.7 Å². The predicted octanol–water partition coefficient (Wildman–Crippen LogP) is 7.40. The third-order valence-electron chi connectivity index (χ3n) is 5.84. The first-order valence-corrected chi connectivity index (χ1v) is 11.5. The van der Waals surface area contributed by atoms with Gasteiger partial charge in [-0.1, -0.05) is 49.4 Å². The fourth-order valence-corrected chi connectivity index (χ4v) is 3.98. The summed E-state index contributed by atoms with van der Waals surface area (Å²) in [7, 11) is 0. The van der Waals surface area contributed by atoms with E-state index in [-0.39, 0.29) is 42.3 Å². The van der Waals surface area contributed by atoms with Gasteiger partial charge in [0.25, 0.3) is 0 Å². The second kappa shape index (κ2) is 11.1. The first-order valence-electron chi connectivity index (χ1n) is 11.5. The van der Waals surface area contributed by atoms with Gasteiger partial charge in [0.15, 0.2) is 29.5 Å². The Morgan fingerprint density at radius 1 is 0.800 bits per heavy atom. The van der Waals surface area contributed by atoms with Crippen molar-refractivity contribution in [1.29, 1.82) is 0 Å². The minimum absolute atomic E-state index is 0.0495. The Morgan fingerprint density at radius 2 is 1.37 bits per heavy atom. The van der Waals surface area contributed by atoms with Gasteiger partial charge in [0.05, 0.1) is 19.8 Å². The smallest absolute Gasteiger partial charge is 0.201 e. The SMILES string of the molecule is C/C=C/C1OCC(c2ccc(-c3ccc(-c4ccc(OCCC)c(F)c4F)cc3)c(F)c2F)CO1. The summed E-state index contributed by atoms with van der Waals surface area (Å²) in [6.45, 7) is 4.41. The largest absolute Gasteiger partial charge is 0.490 e. The normalized spacial score (nSPS) is 18.2. The van der Waals surface area contributed by atoms with E-state index < -0.39 is 35.5 Å². The molecule has 0 saturated carbocycles. The second-order valence-corrected chi connectivity index (χ2v) is 8.25. The lowest BCUT2D eigenvalue weighted by molar-refractivity contribution is -0.159. The molecule has 1 heterocycles. The van der Waals surface area contributed by atoms with Crippen molar-refractivity contribution < 1.29 is 31.8 Å². The Morgan fingerprint density at radius 3 is 1.94 bits per heavy atom. The number of ether oxygens (including phenoxy) is 3. The molecule has 0 bridgehead atoms. The molecule has 1 fully saturated rings. The van der Waals surface area contributed by atoms with E-state index in [1.165, 1.54) is 36.4 Å². The lowest BCUT2D eigenvalue weighted by Crippen LogP contribution is -2.30. The molecule has 0 aromatic heterocycles. The van der Waals surface area contributed by atoms with Crippen molar-refractivity contribution in [2.24, 2.45) is 0 Å². The molecule has 0 amide bonds. The van der Waals surface area contributed by atoms with Gasteiger partial charge in [0, 0.05) is 17.0 Å². The zero-order chi connectivity index (χ0) is 24.9. The van der Waals surface area contributed by atoms with E-state index in [0.29, 0.717) is 17.5 Å². The predicted molar refractivity (Wildman–Crippen MR) is 126 cm³/mol. The van der Waals surface area contributed by atoms with Crippen LogP contribution in [0.5, 0.6) is 5.75 Å². The van der Waals surface area contributed by atoms with Crippen molar-refractivity contribution in [3.63, 3.8) is 0 Å². The third-order valence-corrected chi connectivity index (χ3v) is 5.84. The summed E-state index contributed by atoms with van der Waals surface area (Å²) in [6.07, 6.45) is 3.73. The summed E-state index contributed by atoms with van der Waals surface area (Å²) in [4.78, 5) is 0. The average Bonchev–Trinajstić information content (AvgIpc) is 2.88. The van der Waals surface area contributed by atoms with E-state index in [2.05, 4.69) is 0 Å². The van der Waals surface area contributed by atoms with Crippen LogP contribution in [-0.2, 0) is 9.47 Å². The minimum Gasteiger partial charge on any atom is -0.490 e. The van der Waals surface area contributed by atoms with Gasteiger partial charge >= 0.3 is 0 Å². The molecule has 4 rings (SSSR count). The molecular weight excluding hydrogens is 460 g/mol. The monoisotopic (exact) mass is 486 g/mol. The van der Waals surface area contributed by atoms with E-state index in [4.69, 9.17) is 14.2 Å². The molecule has 0 N–H and O–H groups in total. The molecule has 1 saturated heterocycles. The Bertz CT molecular complexity index is 1200. The first-order chi connectivity index (χ1) is 16.9. The maximum absolute atomic E-state index is 15.0. The molecule has 0 spiro atoms. The van der Waals surface area contributed by atoms with Crippen molar-refractivity contribution in [2.75, 3.05) is 19.8 Å². The molecule has 1 aliphatic heterocycles. The van der Waals surface area contributed by atoms with E-state index in [0.717, 1.165) is 0 Å². The maximum atomic E-state index is 15.0. The molecule has 184 valence electrons. The molecule has 3 nitrogen and oxygen atoms in total. The van der Waals surface area contributed by atoms with Crippen LogP contribution in [0, 0.1) is 23.3 Å². The van der Waals surface area contributed by atoms with Crippen LogP contribution in [0.15, 0.2) is 60.7 Å². The zero-order valence-electron chi connectivity index (χ0n) is 19.5. The molecule has 0 unspecified atom stereocenters. The van der Waals surface area contributed by atoms with Crippen LogP contribution in [0.4, 0.5) is 17.6 Å². The Kier molecular flexibility index (Phi) is 7.88. The quantitative estimate of drug-likeness (QED) is 0.257. The Labute approximate surface area is 202 Å². The number of hydrogen-bond acceptors (Lipinski definition) is 3. The van der Waals surface area contributed by atoms with Gasteiger partial charge in [-0.15, -0.1) is 0 Å². The lowest BCUT2D eigenvalue weighted by Gasteiger charge is -2.28. The van der Waals surface area contributed by atoms with Crippen LogP contribution >= 0.6 is 0 Å². The number of rotatable bonds is 7. The molecule has 3 aromatic carbocycles. The van der Waals surface area contributed by atoms with E-state index in [1.807, 2.05) is 13.8 Å². The molecule has 1 aliphatic rings. The standard InChI is InChI=1S/C28H26F4O3/c1-3-5-24-34-15-19(16-35-24)22-11-10-20(25(29)26(22)30)17-6-8-18(9-7-17)21-12-13-23(33-14-4-2)28(32)27(21)31/h3,5-13,19,24H,4,14-16H2,1-2H3/b5-3+. The summed E-state index contributed by atoms with van der Waals surface area (Å²) in [5.74, 6) is -4.60. The van der Waals surface area contributed by atoms with Gasteiger partial charge in [-0.3, -0.25) is 0 Å². The highest BCUT2D eigenvalue weighted by molar-refractivity contribution is 5.72. The van der Waals surface area contributed by atoms with Crippen molar-refractivity contribution >= 4 is 0 Å². The molecular formula is C28H26F4O3. The molecule has 0 aliphatic carbocycles. The highest BCUT2D eigenvalue weighted by Crippen LogP contribution is 2.34. The fraction of sp³-hybridized carbons (Fsp3) is 0.286. The van der Waals surface area contributed by atoms with E-state index in [1.54, 1.807) is 24.3 Å². The zero-order valence-corrected chi connectivity index (χ0v) is 19.5. The van der Waals surface area contributed by atoms with Crippen LogP contribution in [0.2, 0.25) is 0 Å². The summed E-state index contributed by atoms with van der Waals surface area (Å²) < 4.78 is 75.2. The van der Waals surface area contributed by atoms with Gasteiger partial charge in [-0.2, -0.15) is 4.39 Å². The average molecular weight is 487 g/mol. The van der Waals surface area contributed by atoms with Gasteiger partial charge in [0.2, 0.25) is 5.82 Å². The van der Waals surface area contributed by atoms with Crippen LogP contribution in [0.25, 0.3) is 22.3 Å². The van der Waals surface area contributed by atoms with Crippen LogP contribution in [-0.4, -0.2) is 26.1 Å². The number of benzene rings is 3. The number of hydrogen-bond donors (Lipinski definition) is 0. The first kappa shape index (κ1) is 24.9. The van der Waals surface area contributed by atoms with Crippen molar-refractivity contribution in [3.8, 4) is 28.0 Å². The Balaban J connectivity index is 1.55. The summed E-state index contributed by atoms with van der Waals surface area (Å²) in [6, 6.07) is 12.0. The molecule has 7 heteroatoms. The molecule has 0 radical (unpaired) electrons. The number of allylic oxidation sites excluding steroid dienone is 1. The summed E-state index contributed by atoms with van der Waals surface area (Å²) in [5, 5.41) is 0. The third kappa shape index (κ3) is 5.26.